The summed E-state index contributed by atoms with van der Waals surface area (Å²) in [6.45, 7) is 1.87. The first-order valence-corrected chi connectivity index (χ1v) is 7.81. The molecule has 0 aliphatic heterocycles. The number of hydrogen-bond donors (Lipinski definition) is 1. The number of hydrogen-bond acceptors (Lipinski definition) is 4. The molecular formula is C13H18FNO4S. The zero-order valence-electron chi connectivity index (χ0n) is 11.4. The van der Waals surface area contributed by atoms with Gasteiger partial charge in [-0.05, 0) is 24.6 Å². The van der Waals surface area contributed by atoms with Crippen molar-refractivity contribution in [2.45, 2.75) is 17.9 Å². The van der Waals surface area contributed by atoms with E-state index in [-0.39, 0.29) is 12.3 Å². The predicted octanol–water partition coefficient (Wildman–Crippen LogP) is 0.892. The summed E-state index contributed by atoms with van der Waals surface area (Å²) in [5.41, 5.74) is 0.321. The molecule has 1 atom stereocenters. The lowest BCUT2D eigenvalue weighted by molar-refractivity contribution is -0.120. The molecule has 1 unspecified atom stereocenters. The number of carbonyl (C=O) groups excluding carboxylic acids is 1. The van der Waals surface area contributed by atoms with Gasteiger partial charge >= 0.3 is 0 Å². The largest absolute Gasteiger partial charge is 0.383 e. The fraction of sp³-hybridized carbons (Fsp3) is 0.462. The van der Waals surface area contributed by atoms with Crippen LogP contribution in [0, 0.1) is 5.82 Å². The van der Waals surface area contributed by atoms with E-state index in [1.807, 2.05) is 0 Å². The van der Waals surface area contributed by atoms with Crippen molar-refractivity contribution >= 4 is 15.7 Å². The maximum Gasteiger partial charge on any atom is 0.238 e. The first-order valence-electron chi connectivity index (χ1n) is 6.09. The van der Waals surface area contributed by atoms with Gasteiger partial charge in [-0.15, -0.1) is 0 Å². The van der Waals surface area contributed by atoms with Crippen LogP contribution in [0.5, 0.6) is 0 Å². The topological polar surface area (TPSA) is 72.5 Å². The normalized spacial score (nSPS) is 12.9. The van der Waals surface area contributed by atoms with Gasteiger partial charge in [0.05, 0.1) is 12.4 Å². The molecule has 0 spiro atoms. The van der Waals surface area contributed by atoms with Crippen LogP contribution in [-0.4, -0.2) is 39.8 Å². The van der Waals surface area contributed by atoms with Crippen molar-refractivity contribution in [2.24, 2.45) is 0 Å². The molecule has 112 valence electrons. The summed E-state index contributed by atoms with van der Waals surface area (Å²) in [5, 5.41) is 1.28. The van der Waals surface area contributed by atoms with Crippen LogP contribution >= 0.6 is 0 Å². The molecule has 0 saturated carbocycles. The van der Waals surface area contributed by atoms with Crippen LogP contribution in [0.25, 0.3) is 0 Å². The molecular weight excluding hydrogens is 285 g/mol. The Morgan fingerprint density at radius 3 is 2.75 bits per heavy atom. The van der Waals surface area contributed by atoms with E-state index in [9.17, 15) is 17.6 Å². The Balaban J connectivity index is 2.70. The van der Waals surface area contributed by atoms with E-state index < -0.39 is 26.8 Å². The van der Waals surface area contributed by atoms with Gasteiger partial charge in [0.2, 0.25) is 5.91 Å². The standard InChI is InChI=1S/C13H18FNO4S/c1-10(13(16)15-6-7-19-2)20(17,18)9-11-4-3-5-12(14)8-11/h3-5,8,10H,6-7,9H2,1-2H3,(H,15,16). The Morgan fingerprint density at radius 1 is 1.45 bits per heavy atom. The fourth-order valence-corrected chi connectivity index (χ4v) is 2.87. The summed E-state index contributed by atoms with van der Waals surface area (Å²) >= 11 is 0. The minimum Gasteiger partial charge on any atom is -0.383 e. The predicted molar refractivity (Wildman–Crippen MR) is 73.4 cm³/mol. The Kier molecular flexibility index (Phi) is 6.09. The van der Waals surface area contributed by atoms with Gasteiger partial charge < -0.3 is 10.1 Å². The highest BCUT2D eigenvalue weighted by atomic mass is 32.2. The second-order valence-corrected chi connectivity index (χ2v) is 6.68. The van der Waals surface area contributed by atoms with E-state index in [0.29, 0.717) is 12.2 Å². The molecule has 0 aliphatic carbocycles. The highest BCUT2D eigenvalue weighted by Crippen LogP contribution is 2.12. The Labute approximate surface area is 118 Å². The van der Waals surface area contributed by atoms with Gasteiger partial charge in [0.1, 0.15) is 11.1 Å². The first-order chi connectivity index (χ1) is 9.36. The Morgan fingerprint density at radius 2 is 2.15 bits per heavy atom. The number of halogens is 1. The smallest absolute Gasteiger partial charge is 0.238 e. The summed E-state index contributed by atoms with van der Waals surface area (Å²) in [5.74, 6) is -1.46. The highest BCUT2D eigenvalue weighted by Gasteiger charge is 2.27. The minimum atomic E-state index is -3.69. The third-order valence-electron chi connectivity index (χ3n) is 2.77. The lowest BCUT2D eigenvalue weighted by Gasteiger charge is -2.13. The number of rotatable bonds is 7. The SMILES string of the molecule is COCCNC(=O)C(C)S(=O)(=O)Cc1cccc(F)c1. The van der Waals surface area contributed by atoms with Crippen LogP contribution in [0.15, 0.2) is 24.3 Å². The number of ether oxygens (including phenoxy) is 1. The molecule has 0 radical (unpaired) electrons. The molecule has 0 aliphatic rings. The number of nitrogens with one attached hydrogen (secondary N) is 1. The molecule has 1 aromatic carbocycles. The van der Waals surface area contributed by atoms with Gasteiger partial charge in [-0.25, -0.2) is 12.8 Å². The second-order valence-electron chi connectivity index (χ2n) is 4.36. The van der Waals surface area contributed by atoms with Crippen molar-refractivity contribution in [1.82, 2.24) is 5.32 Å². The number of amides is 1. The molecule has 0 fully saturated rings. The third kappa shape index (κ3) is 4.90. The zero-order chi connectivity index (χ0) is 15.2. The molecule has 1 N–H and O–H groups in total. The highest BCUT2D eigenvalue weighted by molar-refractivity contribution is 7.92. The lowest BCUT2D eigenvalue weighted by Crippen LogP contribution is -2.39. The molecule has 0 saturated heterocycles. The van der Waals surface area contributed by atoms with Crippen LogP contribution in [0.1, 0.15) is 12.5 Å². The van der Waals surface area contributed by atoms with Crippen molar-refractivity contribution in [1.29, 1.82) is 0 Å². The van der Waals surface area contributed by atoms with E-state index in [0.717, 1.165) is 6.07 Å². The van der Waals surface area contributed by atoms with Crippen LogP contribution in [-0.2, 0) is 25.1 Å². The average Bonchev–Trinajstić information content (AvgIpc) is 2.37. The maximum atomic E-state index is 13.0. The van der Waals surface area contributed by atoms with Crippen molar-refractivity contribution in [3.05, 3.63) is 35.6 Å². The average molecular weight is 303 g/mol. The maximum absolute atomic E-state index is 13.0. The molecule has 1 rings (SSSR count). The van der Waals surface area contributed by atoms with Crippen LogP contribution in [0.2, 0.25) is 0 Å². The fourth-order valence-electron chi connectivity index (χ4n) is 1.57. The molecule has 7 heteroatoms. The quantitative estimate of drug-likeness (QED) is 0.759. The summed E-state index contributed by atoms with van der Waals surface area (Å²) < 4.78 is 41.9. The van der Waals surface area contributed by atoms with Crippen LogP contribution in [0.4, 0.5) is 4.39 Å². The molecule has 1 amide bonds. The molecule has 1 aromatic rings. The van der Waals surface area contributed by atoms with E-state index in [4.69, 9.17) is 4.74 Å². The lowest BCUT2D eigenvalue weighted by atomic mass is 10.2. The van der Waals surface area contributed by atoms with Gasteiger partial charge in [0.25, 0.3) is 0 Å². The van der Waals surface area contributed by atoms with Crippen LogP contribution in [0.3, 0.4) is 0 Å². The summed E-state index contributed by atoms with van der Waals surface area (Å²) in [7, 11) is -2.20. The third-order valence-corrected chi connectivity index (χ3v) is 4.80. The minimum absolute atomic E-state index is 0.245. The summed E-state index contributed by atoms with van der Waals surface area (Å²) in [6.07, 6.45) is 0. The monoisotopic (exact) mass is 303 g/mol. The van der Waals surface area contributed by atoms with Crippen molar-refractivity contribution in [3.8, 4) is 0 Å². The van der Waals surface area contributed by atoms with Gasteiger partial charge in [0, 0.05) is 13.7 Å². The second kappa shape index (κ2) is 7.35. The van der Waals surface area contributed by atoms with Crippen molar-refractivity contribution in [3.63, 3.8) is 0 Å². The molecule has 0 aromatic heterocycles. The van der Waals surface area contributed by atoms with E-state index in [1.54, 1.807) is 0 Å². The number of sulfone groups is 1. The van der Waals surface area contributed by atoms with Crippen LogP contribution < -0.4 is 5.32 Å². The summed E-state index contributed by atoms with van der Waals surface area (Å²) in [6, 6.07) is 5.32. The number of carbonyl (C=O) groups is 1. The Bertz CT molecular complexity index is 559. The summed E-state index contributed by atoms with van der Waals surface area (Å²) in [4.78, 5) is 11.7. The number of methoxy groups -OCH3 is 1. The van der Waals surface area contributed by atoms with Gasteiger partial charge in [0.15, 0.2) is 9.84 Å². The van der Waals surface area contributed by atoms with E-state index in [2.05, 4.69) is 5.32 Å². The molecule has 0 heterocycles. The van der Waals surface area contributed by atoms with E-state index in [1.165, 1.54) is 32.2 Å². The molecule has 0 bridgehead atoms. The first kappa shape index (κ1) is 16.6. The van der Waals surface area contributed by atoms with Crippen molar-refractivity contribution in [2.75, 3.05) is 20.3 Å². The van der Waals surface area contributed by atoms with E-state index >= 15 is 0 Å². The van der Waals surface area contributed by atoms with Gasteiger partial charge in [-0.1, -0.05) is 12.1 Å². The van der Waals surface area contributed by atoms with Gasteiger partial charge in [-0.3, -0.25) is 4.79 Å². The van der Waals surface area contributed by atoms with Gasteiger partial charge in [-0.2, -0.15) is 0 Å². The molecule has 5 nitrogen and oxygen atoms in total. The zero-order valence-corrected chi connectivity index (χ0v) is 12.2. The number of benzene rings is 1. The van der Waals surface area contributed by atoms with Crippen molar-refractivity contribution < 1.29 is 22.3 Å². The Hall–Kier alpha value is -1.47. The molecule has 20 heavy (non-hydrogen) atoms.